The van der Waals surface area contributed by atoms with Crippen molar-refractivity contribution in [2.45, 2.75) is 26.7 Å². The molecule has 2 aliphatic heterocycles. The fourth-order valence-electron chi connectivity index (χ4n) is 3.30. The standard InChI is InChI=1S/C15H27N3O3/c1-11(8-17-5-3-4-6-17)7-16-15(21)18-9-12(2)13(10-18)14(19)20/h11-13H,3-10H2,1-2H3,(H,16,21)(H,19,20). The number of rotatable bonds is 5. The van der Waals surface area contributed by atoms with Crippen LogP contribution in [0.25, 0.3) is 0 Å². The van der Waals surface area contributed by atoms with Crippen LogP contribution in [0, 0.1) is 17.8 Å². The van der Waals surface area contributed by atoms with Gasteiger partial charge in [0, 0.05) is 26.2 Å². The largest absolute Gasteiger partial charge is 0.481 e. The monoisotopic (exact) mass is 297 g/mol. The van der Waals surface area contributed by atoms with Gasteiger partial charge in [0.25, 0.3) is 0 Å². The van der Waals surface area contributed by atoms with Crippen molar-refractivity contribution >= 4 is 12.0 Å². The van der Waals surface area contributed by atoms with Crippen molar-refractivity contribution in [3.63, 3.8) is 0 Å². The van der Waals surface area contributed by atoms with E-state index in [2.05, 4.69) is 17.1 Å². The number of hydrogen-bond donors (Lipinski definition) is 2. The van der Waals surface area contributed by atoms with Gasteiger partial charge in [-0.3, -0.25) is 4.79 Å². The molecule has 0 aliphatic carbocycles. The molecule has 120 valence electrons. The van der Waals surface area contributed by atoms with Crippen LogP contribution in [-0.2, 0) is 4.79 Å². The fourth-order valence-corrected chi connectivity index (χ4v) is 3.30. The summed E-state index contributed by atoms with van der Waals surface area (Å²) in [7, 11) is 0. The van der Waals surface area contributed by atoms with E-state index in [1.165, 1.54) is 25.9 Å². The van der Waals surface area contributed by atoms with Crippen LogP contribution in [0.3, 0.4) is 0 Å². The summed E-state index contributed by atoms with van der Waals surface area (Å²) < 4.78 is 0. The van der Waals surface area contributed by atoms with Gasteiger partial charge in [0.2, 0.25) is 0 Å². The first kappa shape index (κ1) is 16.1. The Hall–Kier alpha value is -1.30. The van der Waals surface area contributed by atoms with E-state index in [1.807, 2.05) is 6.92 Å². The van der Waals surface area contributed by atoms with Gasteiger partial charge in [0.05, 0.1) is 5.92 Å². The Bertz CT molecular complexity index is 382. The average molecular weight is 297 g/mol. The fraction of sp³-hybridized carbons (Fsp3) is 0.867. The maximum Gasteiger partial charge on any atom is 0.317 e. The normalized spacial score (nSPS) is 27.8. The van der Waals surface area contributed by atoms with Crippen molar-refractivity contribution in [3.8, 4) is 0 Å². The summed E-state index contributed by atoms with van der Waals surface area (Å²) in [6.45, 7) is 8.90. The van der Waals surface area contributed by atoms with Crippen LogP contribution in [0.5, 0.6) is 0 Å². The lowest BCUT2D eigenvalue weighted by atomic mass is 9.99. The molecular weight excluding hydrogens is 270 g/mol. The zero-order chi connectivity index (χ0) is 15.4. The summed E-state index contributed by atoms with van der Waals surface area (Å²) in [5, 5.41) is 12.0. The second-order valence-corrected chi connectivity index (χ2v) is 6.63. The third-order valence-electron chi connectivity index (χ3n) is 4.59. The number of urea groups is 1. The minimum absolute atomic E-state index is 0.0234. The molecular formula is C15H27N3O3. The SMILES string of the molecule is CC(CNC(=O)N1CC(C)C(C(=O)O)C1)CN1CCCC1. The Morgan fingerprint density at radius 2 is 1.95 bits per heavy atom. The highest BCUT2D eigenvalue weighted by Crippen LogP contribution is 2.23. The van der Waals surface area contributed by atoms with Crippen LogP contribution in [0.4, 0.5) is 4.79 Å². The van der Waals surface area contributed by atoms with Crippen LogP contribution < -0.4 is 5.32 Å². The first-order valence-electron chi connectivity index (χ1n) is 7.95. The number of amides is 2. The highest BCUT2D eigenvalue weighted by atomic mass is 16.4. The summed E-state index contributed by atoms with van der Waals surface area (Å²) in [4.78, 5) is 27.3. The van der Waals surface area contributed by atoms with Crippen LogP contribution in [0.15, 0.2) is 0 Å². The Morgan fingerprint density at radius 3 is 2.52 bits per heavy atom. The molecule has 2 fully saturated rings. The molecule has 2 amide bonds. The summed E-state index contributed by atoms with van der Waals surface area (Å²) in [5.41, 5.74) is 0. The van der Waals surface area contributed by atoms with Crippen molar-refractivity contribution in [2.75, 3.05) is 39.3 Å². The molecule has 2 heterocycles. The molecule has 6 heteroatoms. The summed E-state index contributed by atoms with van der Waals surface area (Å²) >= 11 is 0. The number of carboxylic acids is 1. The molecule has 2 aliphatic rings. The van der Waals surface area contributed by atoms with Gasteiger partial charge in [-0.1, -0.05) is 13.8 Å². The number of nitrogens with one attached hydrogen (secondary N) is 1. The van der Waals surface area contributed by atoms with E-state index in [1.54, 1.807) is 4.90 Å². The van der Waals surface area contributed by atoms with E-state index in [0.717, 1.165) is 6.54 Å². The number of aliphatic carboxylic acids is 1. The summed E-state index contributed by atoms with van der Waals surface area (Å²) in [5.74, 6) is -0.796. The zero-order valence-corrected chi connectivity index (χ0v) is 13.0. The molecule has 0 saturated carbocycles. The van der Waals surface area contributed by atoms with Crippen molar-refractivity contribution in [3.05, 3.63) is 0 Å². The molecule has 21 heavy (non-hydrogen) atoms. The third kappa shape index (κ3) is 4.33. The van der Waals surface area contributed by atoms with Gasteiger partial charge in [-0.2, -0.15) is 0 Å². The Balaban J connectivity index is 1.70. The minimum Gasteiger partial charge on any atom is -0.481 e. The Kier molecular flexibility index (Phi) is 5.45. The zero-order valence-electron chi connectivity index (χ0n) is 13.0. The van der Waals surface area contributed by atoms with Gasteiger partial charge in [-0.25, -0.2) is 4.79 Å². The van der Waals surface area contributed by atoms with E-state index in [4.69, 9.17) is 5.11 Å². The molecule has 0 spiro atoms. The second-order valence-electron chi connectivity index (χ2n) is 6.63. The molecule has 0 bridgehead atoms. The molecule has 3 atom stereocenters. The van der Waals surface area contributed by atoms with Crippen molar-refractivity contribution in [2.24, 2.45) is 17.8 Å². The number of hydrogen-bond acceptors (Lipinski definition) is 3. The van der Waals surface area contributed by atoms with Gasteiger partial charge in [-0.05, 0) is 37.8 Å². The maximum absolute atomic E-state index is 12.1. The molecule has 0 aromatic carbocycles. The van der Waals surface area contributed by atoms with Gasteiger partial charge in [0.15, 0.2) is 0 Å². The molecule has 2 N–H and O–H groups in total. The number of likely N-dealkylation sites (tertiary alicyclic amines) is 2. The topological polar surface area (TPSA) is 72.9 Å². The minimum atomic E-state index is -0.805. The van der Waals surface area contributed by atoms with Crippen molar-refractivity contribution < 1.29 is 14.7 Å². The predicted octanol–water partition coefficient (Wildman–Crippen LogP) is 1.08. The van der Waals surface area contributed by atoms with Crippen LogP contribution in [-0.4, -0.2) is 66.2 Å². The molecule has 0 aromatic rings. The predicted molar refractivity (Wildman–Crippen MR) is 80.1 cm³/mol. The average Bonchev–Trinajstić information content (AvgIpc) is 3.05. The smallest absolute Gasteiger partial charge is 0.317 e. The van der Waals surface area contributed by atoms with E-state index in [-0.39, 0.29) is 11.9 Å². The molecule has 2 saturated heterocycles. The summed E-state index contributed by atoms with van der Waals surface area (Å²) in [6, 6.07) is -0.126. The van der Waals surface area contributed by atoms with Crippen molar-refractivity contribution in [1.82, 2.24) is 15.1 Å². The van der Waals surface area contributed by atoms with E-state index < -0.39 is 11.9 Å². The number of carboxylic acid groups (broad SMARTS) is 1. The van der Waals surface area contributed by atoms with Crippen molar-refractivity contribution in [1.29, 1.82) is 0 Å². The molecule has 0 radical (unpaired) electrons. The van der Waals surface area contributed by atoms with E-state index >= 15 is 0 Å². The van der Waals surface area contributed by atoms with Gasteiger partial charge in [0.1, 0.15) is 0 Å². The van der Waals surface area contributed by atoms with Crippen LogP contribution in [0.2, 0.25) is 0 Å². The molecule has 0 aromatic heterocycles. The van der Waals surface area contributed by atoms with Crippen LogP contribution in [0.1, 0.15) is 26.7 Å². The van der Waals surface area contributed by atoms with Gasteiger partial charge < -0.3 is 20.2 Å². The molecule has 6 nitrogen and oxygen atoms in total. The molecule has 3 unspecified atom stereocenters. The lowest BCUT2D eigenvalue weighted by Gasteiger charge is -2.22. The Morgan fingerprint density at radius 1 is 1.29 bits per heavy atom. The second kappa shape index (κ2) is 7.11. The van der Waals surface area contributed by atoms with E-state index in [0.29, 0.717) is 25.6 Å². The van der Waals surface area contributed by atoms with Crippen LogP contribution >= 0.6 is 0 Å². The first-order chi connectivity index (χ1) is 9.97. The number of nitrogens with zero attached hydrogens (tertiary/aromatic N) is 2. The first-order valence-corrected chi connectivity index (χ1v) is 7.95. The quantitative estimate of drug-likeness (QED) is 0.796. The lowest BCUT2D eigenvalue weighted by molar-refractivity contribution is -0.142. The van der Waals surface area contributed by atoms with Gasteiger partial charge >= 0.3 is 12.0 Å². The maximum atomic E-state index is 12.1. The number of carbonyl (C=O) groups is 2. The lowest BCUT2D eigenvalue weighted by Crippen LogP contribution is -2.42. The third-order valence-corrected chi connectivity index (χ3v) is 4.59. The highest BCUT2D eigenvalue weighted by Gasteiger charge is 2.36. The Labute approximate surface area is 126 Å². The highest BCUT2D eigenvalue weighted by molar-refractivity contribution is 5.77. The van der Waals surface area contributed by atoms with E-state index in [9.17, 15) is 9.59 Å². The number of carbonyl (C=O) groups excluding carboxylic acids is 1. The summed E-state index contributed by atoms with van der Waals surface area (Å²) in [6.07, 6.45) is 2.56. The molecule has 2 rings (SSSR count). The van der Waals surface area contributed by atoms with Gasteiger partial charge in [-0.15, -0.1) is 0 Å².